The Morgan fingerprint density at radius 3 is 2.35 bits per heavy atom. The van der Waals surface area contributed by atoms with E-state index < -0.39 is 22.0 Å². The lowest BCUT2D eigenvalue weighted by Crippen LogP contribution is -2.45. The third kappa shape index (κ3) is 4.68. The highest BCUT2D eigenvalue weighted by Gasteiger charge is 2.31. The van der Waals surface area contributed by atoms with Gasteiger partial charge in [-0.1, -0.05) is 29.3 Å². The maximum atomic E-state index is 12.7. The number of hydrogen-bond acceptors (Lipinski definition) is 4. The predicted molar refractivity (Wildman–Crippen MR) is 105 cm³/mol. The van der Waals surface area contributed by atoms with Gasteiger partial charge in [0.25, 0.3) is 0 Å². The van der Waals surface area contributed by atoms with Crippen molar-refractivity contribution in [2.45, 2.75) is 19.9 Å². The second-order valence-corrected chi connectivity index (χ2v) is 8.20. The summed E-state index contributed by atoms with van der Waals surface area (Å²) in [6.07, 6.45) is 1.03. The maximum Gasteiger partial charge on any atom is 0.247 e. The van der Waals surface area contributed by atoms with E-state index in [1.807, 2.05) is 19.1 Å². The lowest BCUT2D eigenvalue weighted by atomic mass is 10.2. The Balaban J connectivity index is 2.39. The van der Waals surface area contributed by atoms with Gasteiger partial charge in [-0.15, -0.1) is 0 Å². The molecule has 2 rings (SSSR count). The molecule has 1 atom stereocenters. The van der Waals surface area contributed by atoms with Gasteiger partial charge in [-0.3, -0.25) is 9.10 Å². The summed E-state index contributed by atoms with van der Waals surface area (Å²) in [6, 6.07) is 10.8. The van der Waals surface area contributed by atoms with E-state index >= 15 is 0 Å². The van der Waals surface area contributed by atoms with E-state index in [0.717, 1.165) is 16.1 Å². The minimum atomic E-state index is -3.78. The van der Waals surface area contributed by atoms with Crippen LogP contribution in [0.15, 0.2) is 42.5 Å². The Labute approximate surface area is 158 Å². The molecule has 2 aromatic rings. The molecule has 0 saturated carbocycles. The van der Waals surface area contributed by atoms with Crippen LogP contribution in [0.5, 0.6) is 5.75 Å². The molecule has 6 nitrogen and oxygen atoms in total. The monoisotopic (exact) mass is 396 g/mol. The van der Waals surface area contributed by atoms with Crippen LogP contribution in [-0.2, 0) is 14.8 Å². The number of sulfonamides is 1. The summed E-state index contributed by atoms with van der Waals surface area (Å²) in [5.74, 6) is -0.170. The number of methoxy groups -OCH3 is 1. The number of hydrogen-bond donors (Lipinski definition) is 1. The quantitative estimate of drug-likeness (QED) is 0.811. The Hall–Kier alpha value is -2.25. The fourth-order valence-corrected chi connectivity index (χ4v) is 3.84. The molecule has 0 saturated heterocycles. The highest BCUT2D eigenvalue weighted by atomic mass is 35.5. The zero-order chi connectivity index (χ0) is 19.5. The molecule has 140 valence electrons. The van der Waals surface area contributed by atoms with Gasteiger partial charge in [0.15, 0.2) is 0 Å². The SMILES string of the molecule is COc1ccc(Cl)cc1N([C@@H](C)C(=O)Nc1ccc(C)cc1)S(C)(=O)=O. The summed E-state index contributed by atoms with van der Waals surface area (Å²) in [4.78, 5) is 12.7. The minimum Gasteiger partial charge on any atom is -0.495 e. The normalized spacial score (nSPS) is 12.3. The van der Waals surface area contributed by atoms with Crippen molar-refractivity contribution in [3.8, 4) is 5.75 Å². The zero-order valence-electron chi connectivity index (χ0n) is 15.0. The summed E-state index contributed by atoms with van der Waals surface area (Å²) < 4.78 is 31.0. The lowest BCUT2D eigenvalue weighted by Gasteiger charge is -2.29. The molecular weight excluding hydrogens is 376 g/mol. The van der Waals surface area contributed by atoms with E-state index in [4.69, 9.17) is 16.3 Å². The molecule has 0 fully saturated rings. The Kier molecular flexibility index (Phi) is 6.15. The molecular formula is C18H21ClN2O4S. The number of nitrogens with one attached hydrogen (secondary N) is 1. The van der Waals surface area contributed by atoms with Crippen LogP contribution in [0.4, 0.5) is 11.4 Å². The molecule has 0 aliphatic rings. The highest BCUT2D eigenvalue weighted by Crippen LogP contribution is 2.34. The van der Waals surface area contributed by atoms with Gasteiger partial charge in [0.05, 0.1) is 19.1 Å². The minimum absolute atomic E-state index is 0.203. The molecule has 0 heterocycles. The molecule has 0 radical (unpaired) electrons. The molecule has 1 N–H and O–H groups in total. The van der Waals surface area contributed by atoms with Crippen LogP contribution in [0.2, 0.25) is 5.02 Å². The van der Waals surface area contributed by atoms with Gasteiger partial charge in [0.1, 0.15) is 11.8 Å². The zero-order valence-corrected chi connectivity index (χ0v) is 16.6. The second kappa shape index (κ2) is 7.97. The van der Waals surface area contributed by atoms with E-state index in [1.54, 1.807) is 24.3 Å². The van der Waals surface area contributed by atoms with Crippen LogP contribution in [-0.4, -0.2) is 33.7 Å². The van der Waals surface area contributed by atoms with Gasteiger partial charge in [0, 0.05) is 10.7 Å². The fourth-order valence-electron chi connectivity index (χ4n) is 2.50. The number of carbonyl (C=O) groups is 1. The van der Waals surface area contributed by atoms with Crippen molar-refractivity contribution in [2.24, 2.45) is 0 Å². The number of carbonyl (C=O) groups excluding carboxylic acids is 1. The number of ether oxygens (including phenoxy) is 1. The van der Waals surface area contributed by atoms with Crippen molar-refractivity contribution in [3.05, 3.63) is 53.1 Å². The van der Waals surface area contributed by atoms with Crippen LogP contribution in [0, 0.1) is 6.92 Å². The van der Waals surface area contributed by atoms with E-state index in [9.17, 15) is 13.2 Å². The van der Waals surface area contributed by atoms with Crippen LogP contribution in [0.25, 0.3) is 0 Å². The Morgan fingerprint density at radius 1 is 1.19 bits per heavy atom. The number of rotatable bonds is 6. The van der Waals surface area contributed by atoms with Gasteiger partial charge in [-0.25, -0.2) is 8.42 Å². The fraction of sp³-hybridized carbons (Fsp3) is 0.278. The standard InChI is InChI=1S/C18H21ClN2O4S/c1-12-5-8-15(9-6-12)20-18(22)13(2)21(26(4,23)24)16-11-14(19)7-10-17(16)25-3/h5-11,13H,1-4H3,(H,20,22)/t13-/m0/s1. The first kappa shape index (κ1) is 20.1. The van der Waals surface area contributed by atoms with Crippen LogP contribution < -0.4 is 14.4 Å². The summed E-state index contributed by atoms with van der Waals surface area (Å²) in [5, 5.41) is 3.06. The van der Waals surface area contributed by atoms with Gasteiger partial charge in [-0.05, 0) is 44.2 Å². The first-order valence-corrected chi connectivity index (χ1v) is 10.1. The van der Waals surface area contributed by atoms with Crippen LogP contribution in [0.1, 0.15) is 12.5 Å². The Morgan fingerprint density at radius 2 is 1.81 bits per heavy atom. The molecule has 26 heavy (non-hydrogen) atoms. The molecule has 8 heteroatoms. The van der Waals surface area contributed by atoms with Crippen molar-refractivity contribution < 1.29 is 17.9 Å². The highest BCUT2D eigenvalue weighted by molar-refractivity contribution is 7.92. The third-order valence-corrected chi connectivity index (χ3v) is 5.25. The maximum absolute atomic E-state index is 12.7. The van der Waals surface area contributed by atoms with Crippen molar-refractivity contribution in [2.75, 3.05) is 23.0 Å². The lowest BCUT2D eigenvalue weighted by molar-refractivity contribution is -0.116. The average Bonchev–Trinajstić information content (AvgIpc) is 2.56. The largest absolute Gasteiger partial charge is 0.495 e. The van der Waals surface area contributed by atoms with E-state index in [2.05, 4.69) is 5.32 Å². The van der Waals surface area contributed by atoms with Gasteiger partial charge < -0.3 is 10.1 Å². The smallest absolute Gasteiger partial charge is 0.247 e. The number of benzene rings is 2. The number of anilines is 2. The molecule has 0 bridgehead atoms. The molecule has 0 aliphatic carbocycles. The second-order valence-electron chi connectivity index (χ2n) is 5.91. The molecule has 0 aliphatic heterocycles. The van der Waals surface area contributed by atoms with Crippen molar-refractivity contribution in [3.63, 3.8) is 0 Å². The van der Waals surface area contributed by atoms with Crippen molar-refractivity contribution >= 4 is 38.9 Å². The van der Waals surface area contributed by atoms with Crippen LogP contribution >= 0.6 is 11.6 Å². The van der Waals surface area contributed by atoms with Crippen LogP contribution in [0.3, 0.4) is 0 Å². The molecule has 1 amide bonds. The Bertz CT molecular complexity index is 898. The number of amides is 1. The van der Waals surface area contributed by atoms with E-state index in [1.165, 1.54) is 20.1 Å². The molecule has 0 spiro atoms. The van der Waals surface area contributed by atoms with Crippen molar-refractivity contribution in [1.29, 1.82) is 0 Å². The van der Waals surface area contributed by atoms with Crippen molar-refractivity contribution in [1.82, 2.24) is 0 Å². The number of aryl methyl sites for hydroxylation is 1. The average molecular weight is 397 g/mol. The first-order chi connectivity index (χ1) is 12.1. The molecule has 0 unspecified atom stereocenters. The van der Waals surface area contributed by atoms with E-state index in [0.29, 0.717) is 16.5 Å². The first-order valence-electron chi connectivity index (χ1n) is 7.84. The van der Waals surface area contributed by atoms with Gasteiger partial charge >= 0.3 is 0 Å². The third-order valence-electron chi connectivity index (χ3n) is 3.79. The molecule has 0 aromatic heterocycles. The molecule has 2 aromatic carbocycles. The van der Waals surface area contributed by atoms with Gasteiger partial charge in [-0.2, -0.15) is 0 Å². The topological polar surface area (TPSA) is 75.7 Å². The predicted octanol–water partition coefficient (Wildman–Crippen LogP) is 3.45. The number of nitrogens with zero attached hydrogens (tertiary/aromatic N) is 1. The van der Waals surface area contributed by atoms with E-state index in [-0.39, 0.29) is 5.69 Å². The number of halogens is 1. The van der Waals surface area contributed by atoms with Gasteiger partial charge in [0.2, 0.25) is 15.9 Å². The summed E-state index contributed by atoms with van der Waals surface area (Å²) in [7, 11) is -2.36. The summed E-state index contributed by atoms with van der Waals surface area (Å²) >= 11 is 6.02. The summed E-state index contributed by atoms with van der Waals surface area (Å²) in [6.45, 7) is 3.44. The summed E-state index contributed by atoms with van der Waals surface area (Å²) in [5.41, 5.74) is 1.84.